The minimum Gasteiger partial charge on any atom is -0.271 e. The first-order valence-corrected chi connectivity index (χ1v) is 11.4. The van der Waals surface area contributed by atoms with Gasteiger partial charge < -0.3 is 0 Å². The predicted molar refractivity (Wildman–Crippen MR) is 124 cm³/mol. The molecule has 31 heavy (non-hydrogen) atoms. The van der Waals surface area contributed by atoms with Crippen molar-refractivity contribution < 1.29 is 13.2 Å². The average Bonchev–Trinajstić information content (AvgIpc) is 2.73. The summed E-state index contributed by atoms with van der Waals surface area (Å²) < 4.78 is 27.6. The molecule has 1 amide bonds. The second-order valence-corrected chi connectivity index (χ2v) is 9.34. The molecule has 0 fully saturated rings. The van der Waals surface area contributed by atoms with Crippen LogP contribution in [0.4, 0.5) is 5.69 Å². The summed E-state index contributed by atoms with van der Waals surface area (Å²) in [4.78, 5) is 12.6. The Kier molecular flexibility index (Phi) is 7.33. The fraction of sp³-hybridized carbons (Fsp3) is 0.0909. The molecular weight excluding hydrogens is 457 g/mol. The number of benzene rings is 3. The lowest BCUT2D eigenvalue weighted by molar-refractivity contribution is -0.119. The molecule has 0 aliphatic heterocycles. The topological polar surface area (TPSA) is 78.8 Å². The Balaban J connectivity index is 1.87. The molecule has 160 valence electrons. The Labute approximate surface area is 191 Å². The summed E-state index contributed by atoms with van der Waals surface area (Å²) in [7, 11) is -4.01. The van der Waals surface area contributed by atoms with Crippen LogP contribution in [0.3, 0.4) is 0 Å². The van der Waals surface area contributed by atoms with E-state index in [0.717, 1.165) is 4.31 Å². The van der Waals surface area contributed by atoms with Crippen LogP contribution in [0.25, 0.3) is 0 Å². The van der Waals surface area contributed by atoms with Crippen molar-refractivity contribution in [3.8, 4) is 0 Å². The van der Waals surface area contributed by atoms with Gasteiger partial charge in [0.1, 0.15) is 6.54 Å². The Morgan fingerprint density at radius 1 is 1.00 bits per heavy atom. The quantitative estimate of drug-likeness (QED) is 0.399. The molecule has 0 aromatic heterocycles. The van der Waals surface area contributed by atoms with Crippen molar-refractivity contribution in [2.24, 2.45) is 5.10 Å². The van der Waals surface area contributed by atoms with E-state index in [2.05, 4.69) is 10.5 Å². The maximum Gasteiger partial charge on any atom is 0.264 e. The number of sulfonamides is 1. The number of carbonyl (C=O) groups is 1. The fourth-order valence-corrected chi connectivity index (χ4v) is 4.78. The summed E-state index contributed by atoms with van der Waals surface area (Å²) in [5.41, 5.74) is 4.01. The highest BCUT2D eigenvalue weighted by atomic mass is 35.5. The lowest BCUT2D eigenvalue weighted by atomic mass is 10.2. The second-order valence-electron chi connectivity index (χ2n) is 6.60. The summed E-state index contributed by atoms with van der Waals surface area (Å²) in [6.07, 6.45) is 1.42. The van der Waals surface area contributed by atoms with Crippen LogP contribution in [0.15, 0.2) is 82.8 Å². The molecule has 0 radical (unpaired) electrons. The van der Waals surface area contributed by atoms with Crippen LogP contribution in [-0.4, -0.2) is 27.1 Å². The maximum absolute atomic E-state index is 13.3. The molecule has 3 aromatic rings. The normalized spacial score (nSPS) is 11.5. The van der Waals surface area contributed by atoms with Crippen LogP contribution in [0, 0.1) is 6.92 Å². The van der Waals surface area contributed by atoms with Crippen molar-refractivity contribution in [2.75, 3.05) is 10.8 Å². The van der Waals surface area contributed by atoms with Gasteiger partial charge in [-0.15, -0.1) is 0 Å². The zero-order valence-electron chi connectivity index (χ0n) is 16.5. The molecule has 0 heterocycles. The molecule has 0 saturated heterocycles. The van der Waals surface area contributed by atoms with E-state index in [4.69, 9.17) is 23.2 Å². The lowest BCUT2D eigenvalue weighted by Gasteiger charge is -2.25. The molecule has 0 bridgehead atoms. The van der Waals surface area contributed by atoms with Gasteiger partial charge >= 0.3 is 0 Å². The molecule has 1 N–H and O–H groups in total. The molecule has 3 aromatic carbocycles. The van der Waals surface area contributed by atoms with Crippen LogP contribution in [0.5, 0.6) is 0 Å². The van der Waals surface area contributed by atoms with Gasteiger partial charge in [-0.05, 0) is 60.5 Å². The van der Waals surface area contributed by atoms with Gasteiger partial charge in [-0.1, -0.05) is 53.5 Å². The van der Waals surface area contributed by atoms with Crippen LogP contribution >= 0.6 is 23.2 Å². The summed E-state index contributed by atoms with van der Waals surface area (Å²) in [6, 6.07) is 19.6. The average molecular weight is 476 g/mol. The smallest absolute Gasteiger partial charge is 0.264 e. The number of anilines is 1. The number of hydrogen-bond acceptors (Lipinski definition) is 4. The van der Waals surface area contributed by atoms with E-state index in [1.54, 1.807) is 67.6 Å². The Bertz CT molecular complexity index is 1220. The number of nitrogens with one attached hydrogen (secondary N) is 1. The van der Waals surface area contributed by atoms with Crippen LogP contribution in [0.1, 0.15) is 11.1 Å². The minimum atomic E-state index is -4.01. The van der Waals surface area contributed by atoms with E-state index in [1.807, 2.05) is 0 Å². The monoisotopic (exact) mass is 475 g/mol. The molecular formula is C22H19Cl2N3O3S. The van der Waals surface area contributed by atoms with Gasteiger partial charge in [0.25, 0.3) is 15.9 Å². The van der Waals surface area contributed by atoms with Gasteiger partial charge in [-0.2, -0.15) is 5.10 Å². The fourth-order valence-electron chi connectivity index (χ4n) is 2.85. The first-order valence-electron chi connectivity index (χ1n) is 9.19. The number of amides is 1. The maximum atomic E-state index is 13.3. The third kappa shape index (κ3) is 5.85. The number of rotatable bonds is 7. The molecule has 3 rings (SSSR count). The zero-order valence-corrected chi connectivity index (χ0v) is 18.8. The Hall–Kier alpha value is -2.87. The van der Waals surface area contributed by atoms with E-state index in [9.17, 15) is 13.2 Å². The predicted octanol–water partition coefficient (Wildman–Crippen LogP) is 4.65. The van der Waals surface area contributed by atoms with Gasteiger partial charge in [-0.25, -0.2) is 13.8 Å². The third-order valence-corrected chi connectivity index (χ3v) is 6.54. The molecule has 0 unspecified atom stereocenters. The highest BCUT2D eigenvalue weighted by Crippen LogP contribution is 2.28. The summed E-state index contributed by atoms with van der Waals surface area (Å²) in [6.45, 7) is 1.26. The summed E-state index contributed by atoms with van der Waals surface area (Å²) in [5.74, 6) is -0.605. The first-order chi connectivity index (χ1) is 14.8. The van der Waals surface area contributed by atoms with Crippen LogP contribution < -0.4 is 9.73 Å². The number of halogens is 2. The van der Waals surface area contributed by atoms with Crippen LogP contribution in [0.2, 0.25) is 10.0 Å². The van der Waals surface area contributed by atoms with Crippen molar-refractivity contribution >= 4 is 51.0 Å². The number of carbonyl (C=O) groups excluding carboxylic acids is 1. The van der Waals surface area contributed by atoms with Gasteiger partial charge in [0.2, 0.25) is 0 Å². The number of hydrazone groups is 1. The van der Waals surface area contributed by atoms with Gasteiger partial charge in [0.05, 0.1) is 16.8 Å². The Morgan fingerprint density at radius 3 is 2.39 bits per heavy atom. The third-order valence-electron chi connectivity index (χ3n) is 4.30. The van der Waals surface area contributed by atoms with E-state index in [-0.39, 0.29) is 4.90 Å². The first kappa shape index (κ1) is 22.8. The molecule has 0 spiro atoms. The van der Waals surface area contributed by atoms with Crippen molar-refractivity contribution in [3.05, 3.63) is 94.0 Å². The standard InChI is InChI=1S/C22H19Cl2N3O3S/c1-16-12-19(24)10-11-21(16)27(31(29,30)20-8-3-2-4-9-20)15-22(28)26-25-14-17-6-5-7-18(23)13-17/h2-14H,15H2,1H3,(H,26,28)/b25-14-. The largest absolute Gasteiger partial charge is 0.271 e. The van der Waals surface area contributed by atoms with Crippen molar-refractivity contribution in [3.63, 3.8) is 0 Å². The SMILES string of the molecule is Cc1cc(Cl)ccc1N(CC(=O)N/N=C\c1cccc(Cl)c1)S(=O)(=O)c1ccccc1. The van der Waals surface area contributed by atoms with E-state index in [1.165, 1.54) is 18.3 Å². The van der Waals surface area contributed by atoms with E-state index >= 15 is 0 Å². The molecule has 9 heteroatoms. The second kappa shape index (κ2) is 9.96. The van der Waals surface area contributed by atoms with Crippen molar-refractivity contribution in [1.29, 1.82) is 0 Å². The minimum absolute atomic E-state index is 0.0691. The summed E-state index contributed by atoms with van der Waals surface area (Å²) in [5, 5.41) is 4.90. The van der Waals surface area contributed by atoms with Crippen LogP contribution in [-0.2, 0) is 14.8 Å². The molecule has 0 saturated carbocycles. The van der Waals surface area contributed by atoms with E-state index in [0.29, 0.717) is 26.9 Å². The number of hydrogen-bond donors (Lipinski definition) is 1. The molecule has 0 aliphatic carbocycles. The lowest BCUT2D eigenvalue weighted by Crippen LogP contribution is -2.40. The zero-order chi connectivity index (χ0) is 22.4. The van der Waals surface area contributed by atoms with Crippen molar-refractivity contribution in [2.45, 2.75) is 11.8 Å². The Morgan fingerprint density at radius 2 is 1.71 bits per heavy atom. The molecule has 6 nitrogen and oxygen atoms in total. The number of aryl methyl sites for hydroxylation is 1. The summed E-state index contributed by atoms with van der Waals surface area (Å²) >= 11 is 11.9. The van der Waals surface area contributed by atoms with Crippen molar-refractivity contribution in [1.82, 2.24) is 5.43 Å². The molecule has 0 atom stereocenters. The highest BCUT2D eigenvalue weighted by Gasteiger charge is 2.28. The highest BCUT2D eigenvalue weighted by molar-refractivity contribution is 7.92. The van der Waals surface area contributed by atoms with Gasteiger partial charge in [0, 0.05) is 10.0 Å². The van der Waals surface area contributed by atoms with Gasteiger partial charge in [0.15, 0.2) is 0 Å². The van der Waals surface area contributed by atoms with Gasteiger partial charge in [-0.3, -0.25) is 9.10 Å². The van der Waals surface area contributed by atoms with E-state index < -0.39 is 22.5 Å². The number of nitrogens with zero attached hydrogens (tertiary/aromatic N) is 2. The molecule has 0 aliphatic rings.